The van der Waals surface area contributed by atoms with E-state index in [9.17, 15) is 0 Å². The summed E-state index contributed by atoms with van der Waals surface area (Å²) >= 11 is 0. The molecule has 0 aliphatic heterocycles. The van der Waals surface area contributed by atoms with Gasteiger partial charge in [-0.3, -0.25) is 0 Å². The van der Waals surface area contributed by atoms with E-state index in [-0.39, 0.29) is 0 Å². The molecule has 1 heterocycles. The quantitative estimate of drug-likeness (QED) is 0.588. The van der Waals surface area contributed by atoms with Crippen LogP contribution in [0, 0.1) is 20.8 Å². The van der Waals surface area contributed by atoms with E-state index in [1.54, 1.807) is 0 Å². The van der Waals surface area contributed by atoms with Crippen LogP contribution in [0.15, 0.2) is 18.2 Å². The first-order valence-electron chi connectivity index (χ1n) is 6.73. The van der Waals surface area contributed by atoms with Gasteiger partial charge in [0.1, 0.15) is 17.5 Å². The summed E-state index contributed by atoms with van der Waals surface area (Å²) in [5.74, 6) is 7.71. The Bertz CT molecular complexity index is 622. The standard InChI is InChI=1S/C15H21N5/c1-5-13-18-14(11(4)15(19-13)20-16)17-12-7-6-9(2)10(3)8-12/h6-8H,5,16H2,1-4H3,(H2,17,18,19,20). The zero-order valence-electron chi connectivity index (χ0n) is 12.4. The van der Waals surface area contributed by atoms with Crippen LogP contribution in [0.25, 0.3) is 0 Å². The summed E-state index contributed by atoms with van der Waals surface area (Å²) in [5, 5.41) is 3.34. The molecule has 106 valence electrons. The van der Waals surface area contributed by atoms with Gasteiger partial charge in [-0.05, 0) is 44.0 Å². The van der Waals surface area contributed by atoms with Crippen LogP contribution < -0.4 is 16.6 Å². The molecule has 0 unspecified atom stereocenters. The zero-order valence-corrected chi connectivity index (χ0v) is 12.4. The molecular formula is C15H21N5. The molecule has 2 aromatic rings. The van der Waals surface area contributed by atoms with E-state index in [4.69, 9.17) is 5.84 Å². The summed E-state index contributed by atoms with van der Waals surface area (Å²) in [6.45, 7) is 8.15. The van der Waals surface area contributed by atoms with Crippen molar-refractivity contribution in [2.75, 3.05) is 10.7 Å². The Morgan fingerprint density at radius 2 is 1.75 bits per heavy atom. The largest absolute Gasteiger partial charge is 0.340 e. The number of aryl methyl sites for hydroxylation is 3. The second kappa shape index (κ2) is 5.88. The minimum atomic E-state index is 0.656. The number of nitrogens with two attached hydrogens (primary N) is 1. The van der Waals surface area contributed by atoms with E-state index in [2.05, 4.69) is 46.7 Å². The molecule has 0 saturated heterocycles. The predicted molar refractivity (Wildman–Crippen MR) is 83.2 cm³/mol. The Labute approximate surface area is 119 Å². The first kappa shape index (κ1) is 14.3. The van der Waals surface area contributed by atoms with Crippen molar-refractivity contribution in [2.45, 2.75) is 34.1 Å². The molecule has 0 aliphatic carbocycles. The Morgan fingerprint density at radius 1 is 1.05 bits per heavy atom. The number of anilines is 3. The molecule has 5 nitrogen and oxygen atoms in total. The third-order valence-electron chi connectivity index (χ3n) is 3.41. The number of nitrogens with zero attached hydrogens (tertiary/aromatic N) is 2. The Balaban J connectivity index is 2.39. The first-order valence-corrected chi connectivity index (χ1v) is 6.73. The molecule has 0 atom stereocenters. The average Bonchev–Trinajstić information content (AvgIpc) is 2.45. The van der Waals surface area contributed by atoms with E-state index in [1.165, 1.54) is 11.1 Å². The van der Waals surface area contributed by atoms with Gasteiger partial charge in [0.05, 0.1) is 0 Å². The number of hydrazine groups is 1. The van der Waals surface area contributed by atoms with Gasteiger partial charge in [0.2, 0.25) is 0 Å². The van der Waals surface area contributed by atoms with Crippen LogP contribution in [0.4, 0.5) is 17.3 Å². The molecule has 20 heavy (non-hydrogen) atoms. The van der Waals surface area contributed by atoms with Crippen molar-refractivity contribution < 1.29 is 0 Å². The van der Waals surface area contributed by atoms with Crippen molar-refractivity contribution in [3.63, 3.8) is 0 Å². The first-order chi connectivity index (χ1) is 9.55. The van der Waals surface area contributed by atoms with E-state index in [0.717, 1.165) is 29.3 Å². The maximum Gasteiger partial charge on any atom is 0.148 e. The molecule has 0 aliphatic rings. The van der Waals surface area contributed by atoms with Gasteiger partial charge in [-0.15, -0.1) is 0 Å². The molecule has 1 aromatic heterocycles. The van der Waals surface area contributed by atoms with Gasteiger partial charge in [0.15, 0.2) is 0 Å². The van der Waals surface area contributed by atoms with E-state index in [1.807, 2.05) is 19.9 Å². The lowest BCUT2D eigenvalue weighted by atomic mass is 10.1. The summed E-state index contributed by atoms with van der Waals surface area (Å²) < 4.78 is 0. The molecule has 0 bridgehead atoms. The predicted octanol–water partition coefficient (Wildman–Crippen LogP) is 2.99. The number of nitrogen functional groups attached to an aromatic ring is 1. The van der Waals surface area contributed by atoms with Gasteiger partial charge in [-0.1, -0.05) is 13.0 Å². The number of aromatic nitrogens is 2. The van der Waals surface area contributed by atoms with E-state index >= 15 is 0 Å². The van der Waals surface area contributed by atoms with Crippen LogP contribution in [0.3, 0.4) is 0 Å². The maximum atomic E-state index is 5.51. The molecule has 5 heteroatoms. The molecule has 4 N–H and O–H groups in total. The summed E-state index contributed by atoms with van der Waals surface area (Å²) in [7, 11) is 0. The third-order valence-corrected chi connectivity index (χ3v) is 3.41. The highest BCUT2D eigenvalue weighted by atomic mass is 15.3. The van der Waals surface area contributed by atoms with Crippen molar-refractivity contribution in [1.29, 1.82) is 0 Å². The minimum absolute atomic E-state index is 0.656. The molecular weight excluding hydrogens is 250 g/mol. The summed E-state index contributed by atoms with van der Waals surface area (Å²) in [5.41, 5.74) is 7.06. The smallest absolute Gasteiger partial charge is 0.148 e. The fourth-order valence-corrected chi connectivity index (χ4v) is 1.94. The number of nitrogens with one attached hydrogen (secondary N) is 2. The van der Waals surface area contributed by atoms with E-state index < -0.39 is 0 Å². The lowest BCUT2D eigenvalue weighted by Gasteiger charge is -2.14. The van der Waals surface area contributed by atoms with E-state index in [0.29, 0.717) is 5.82 Å². The Kier molecular flexibility index (Phi) is 4.20. The summed E-state index contributed by atoms with van der Waals surface area (Å²) in [4.78, 5) is 8.88. The van der Waals surface area contributed by atoms with Gasteiger partial charge in [0.25, 0.3) is 0 Å². The number of hydrogen-bond acceptors (Lipinski definition) is 5. The molecule has 0 amide bonds. The van der Waals surface area contributed by atoms with Crippen LogP contribution in [0.1, 0.15) is 29.4 Å². The monoisotopic (exact) mass is 271 g/mol. The van der Waals surface area contributed by atoms with Crippen LogP contribution >= 0.6 is 0 Å². The highest BCUT2D eigenvalue weighted by Gasteiger charge is 2.10. The van der Waals surface area contributed by atoms with Gasteiger partial charge in [-0.2, -0.15) is 0 Å². The number of rotatable bonds is 4. The Hall–Kier alpha value is -2.14. The Morgan fingerprint density at radius 3 is 2.35 bits per heavy atom. The topological polar surface area (TPSA) is 75.9 Å². The minimum Gasteiger partial charge on any atom is -0.340 e. The van der Waals surface area contributed by atoms with Gasteiger partial charge < -0.3 is 10.7 Å². The van der Waals surface area contributed by atoms with Gasteiger partial charge >= 0.3 is 0 Å². The molecule has 1 aromatic carbocycles. The van der Waals surface area contributed by atoms with Crippen molar-refractivity contribution >= 4 is 17.3 Å². The number of benzene rings is 1. The van der Waals surface area contributed by atoms with Crippen molar-refractivity contribution in [3.8, 4) is 0 Å². The second-order valence-electron chi connectivity index (χ2n) is 4.88. The van der Waals surface area contributed by atoms with Crippen LogP contribution in [0.2, 0.25) is 0 Å². The molecule has 0 saturated carbocycles. The summed E-state index contributed by atoms with van der Waals surface area (Å²) in [6.07, 6.45) is 0.760. The lowest BCUT2D eigenvalue weighted by Crippen LogP contribution is -2.13. The highest BCUT2D eigenvalue weighted by molar-refractivity contribution is 5.65. The fourth-order valence-electron chi connectivity index (χ4n) is 1.94. The van der Waals surface area contributed by atoms with Crippen molar-refractivity contribution in [3.05, 3.63) is 40.7 Å². The summed E-state index contributed by atoms with van der Waals surface area (Å²) in [6, 6.07) is 6.25. The van der Waals surface area contributed by atoms with Crippen molar-refractivity contribution in [2.24, 2.45) is 5.84 Å². The van der Waals surface area contributed by atoms with Crippen LogP contribution in [-0.2, 0) is 6.42 Å². The maximum absolute atomic E-state index is 5.51. The van der Waals surface area contributed by atoms with Gasteiger partial charge in [-0.25, -0.2) is 15.8 Å². The molecule has 0 radical (unpaired) electrons. The zero-order chi connectivity index (χ0) is 14.7. The van der Waals surface area contributed by atoms with Crippen LogP contribution in [-0.4, -0.2) is 9.97 Å². The SMILES string of the molecule is CCc1nc(NN)c(C)c(Nc2ccc(C)c(C)c2)n1. The molecule has 0 fully saturated rings. The average molecular weight is 271 g/mol. The third kappa shape index (κ3) is 2.88. The normalized spacial score (nSPS) is 10.4. The highest BCUT2D eigenvalue weighted by Crippen LogP contribution is 2.24. The van der Waals surface area contributed by atoms with Gasteiger partial charge in [0, 0.05) is 17.7 Å². The lowest BCUT2D eigenvalue weighted by molar-refractivity contribution is 0.932. The molecule has 0 spiro atoms. The molecule has 2 rings (SSSR count). The fraction of sp³-hybridized carbons (Fsp3) is 0.333. The van der Waals surface area contributed by atoms with Crippen molar-refractivity contribution in [1.82, 2.24) is 9.97 Å². The van der Waals surface area contributed by atoms with Crippen LogP contribution in [0.5, 0.6) is 0 Å². The second-order valence-corrected chi connectivity index (χ2v) is 4.88. The number of hydrogen-bond donors (Lipinski definition) is 3.